The minimum absolute atomic E-state index is 0.117. The highest BCUT2D eigenvalue weighted by molar-refractivity contribution is 8.15. The lowest BCUT2D eigenvalue weighted by atomic mass is 10.0. The van der Waals surface area contributed by atoms with Crippen LogP contribution in [-0.2, 0) is 19.7 Å². The lowest BCUT2D eigenvalue weighted by Crippen LogP contribution is -2.41. The van der Waals surface area contributed by atoms with Crippen molar-refractivity contribution >= 4 is 31.8 Å². The van der Waals surface area contributed by atoms with Gasteiger partial charge in [-0.2, -0.15) is 13.2 Å². The maximum atomic E-state index is 14.1. The van der Waals surface area contributed by atoms with Gasteiger partial charge in [-0.15, -0.1) is 29.4 Å². The molecule has 0 heterocycles. The van der Waals surface area contributed by atoms with Crippen LogP contribution in [0.5, 0.6) is 0 Å². The predicted octanol–water partition coefficient (Wildman–Crippen LogP) is 1.76. The van der Waals surface area contributed by atoms with Gasteiger partial charge in [-0.05, 0) is 0 Å². The van der Waals surface area contributed by atoms with Crippen LogP contribution < -0.4 is 10.4 Å². The fraction of sp³-hybridized carbons (Fsp3) is 0.353. The minimum atomic E-state index is -6.69. The van der Waals surface area contributed by atoms with Crippen LogP contribution in [-0.4, -0.2) is 52.3 Å². The van der Waals surface area contributed by atoms with E-state index >= 15 is 0 Å². The summed E-state index contributed by atoms with van der Waals surface area (Å²) >= 11 is 0. The maximum Gasteiger partial charge on any atom is 0.494 e. The largest absolute Gasteiger partial charge is 0.494 e. The Hall–Kier alpha value is -2.02. The molecule has 0 amide bonds. The topological polar surface area (TPSA) is 68.3 Å². The lowest BCUT2D eigenvalue weighted by Gasteiger charge is -2.26. The predicted molar refractivity (Wildman–Crippen MR) is 93.2 cm³/mol. The van der Waals surface area contributed by atoms with Gasteiger partial charge in [0, 0.05) is 0 Å². The standard InChI is InChI=1S/C17H12F7O4S2/c18-11-12(19)14(21)15(13(11)20)29(25,26)16(30(27,28)17(22,23)24)10-6-5-8-3-1-2-4-9(8)7-10/h1-7,11-15H/q-1/b16-10-. The van der Waals surface area contributed by atoms with Crippen molar-refractivity contribution in [3.63, 3.8) is 0 Å². The number of benzene rings is 1. The van der Waals surface area contributed by atoms with E-state index in [4.69, 9.17) is 0 Å². The van der Waals surface area contributed by atoms with Crippen molar-refractivity contribution in [3.05, 3.63) is 50.9 Å². The Morgan fingerprint density at radius 2 is 1.33 bits per heavy atom. The smallest absolute Gasteiger partial charge is 0.243 e. The Balaban J connectivity index is 2.34. The second kappa shape index (κ2) is 7.29. The Morgan fingerprint density at radius 3 is 1.83 bits per heavy atom. The van der Waals surface area contributed by atoms with E-state index in [2.05, 4.69) is 0 Å². The van der Waals surface area contributed by atoms with Gasteiger partial charge in [0.15, 0.2) is 34.5 Å². The van der Waals surface area contributed by atoms with Crippen LogP contribution in [0.25, 0.3) is 12.2 Å². The molecular weight excluding hydrogens is 465 g/mol. The summed E-state index contributed by atoms with van der Waals surface area (Å²) in [6.45, 7) is 0. The van der Waals surface area contributed by atoms with Crippen molar-refractivity contribution in [1.82, 2.24) is 0 Å². The molecule has 2 aliphatic carbocycles. The maximum absolute atomic E-state index is 14.1. The van der Waals surface area contributed by atoms with Crippen molar-refractivity contribution in [1.29, 1.82) is 0 Å². The Labute approximate surface area is 166 Å². The van der Waals surface area contributed by atoms with E-state index in [0.29, 0.717) is 11.6 Å². The summed E-state index contributed by atoms with van der Waals surface area (Å²) in [6.07, 6.45) is -10.8. The number of allylic oxidation sites excluding steroid dienone is 1. The molecule has 0 aromatic heterocycles. The normalized spacial score (nSPS) is 31.2. The van der Waals surface area contributed by atoms with E-state index in [0.717, 1.165) is 12.2 Å². The molecule has 4 nitrogen and oxygen atoms in total. The molecule has 3 rings (SSSR count). The molecule has 1 fully saturated rings. The third-order valence-corrected chi connectivity index (χ3v) is 9.37. The molecule has 2 aliphatic rings. The number of sulfone groups is 2. The first kappa shape index (κ1) is 22.7. The van der Waals surface area contributed by atoms with Crippen molar-refractivity contribution in [2.24, 2.45) is 0 Å². The van der Waals surface area contributed by atoms with E-state index in [9.17, 15) is 47.6 Å². The number of halogens is 7. The van der Waals surface area contributed by atoms with Crippen molar-refractivity contribution in [3.8, 4) is 0 Å². The van der Waals surface area contributed by atoms with Gasteiger partial charge in [0.2, 0.25) is 0 Å². The van der Waals surface area contributed by atoms with E-state index < -0.39 is 64.9 Å². The second-order valence-corrected chi connectivity index (χ2v) is 10.8. The first-order valence-corrected chi connectivity index (χ1v) is 11.2. The Kier molecular flexibility index (Phi) is 5.51. The molecule has 4 unspecified atom stereocenters. The van der Waals surface area contributed by atoms with E-state index in [1.165, 1.54) is 18.2 Å². The molecule has 1 aromatic rings. The molecule has 1 aromatic carbocycles. The van der Waals surface area contributed by atoms with Crippen LogP contribution in [0.15, 0.2) is 34.1 Å². The number of alkyl halides is 7. The van der Waals surface area contributed by atoms with Crippen LogP contribution >= 0.6 is 0 Å². The summed E-state index contributed by atoms with van der Waals surface area (Å²) < 4.78 is 142. The molecule has 4 atom stereocenters. The SMILES string of the molecule is O=S(=O)(/C(=C1/C=c2ccccc2=C[CH-]1)S(=O)(=O)C(F)(F)F)C1C(F)C(F)C(F)C1F. The average molecular weight is 477 g/mol. The monoisotopic (exact) mass is 477 g/mol. The van der Waals surface area contributed by atoms with Gasteiger partial charge in [-0.1, -0.05) is 29.5 Å². The zero-order valence-electron chi connectivity index (χ0n) is 14.5. The van der Waals surface area contributed by atoms with Gasteiger partial charge < -0.3 is 0 Å². The second-order valence-electron chi connectivity index (χ2n) is 6.59. The summed E-state index contributed by atoms with van der Waals surface area (Å²) in [4.78, 5) is 0. The van der Waals surface area contributed by atoms with Crippen LogP contribution in [0.4, 0.5) is 30.7 Å². The number of hydrogen-bond acceptors (Lipinski definition) is 4. The minimum Gasteiger partial charge on any atom is -0.243 e. The zero-order chi connectivity index (χ0) is 22.6. The summed E-state index contributed by atoms with van der Waals surface area (Å²) in [7, 11) is -12.7. The first-order valence-electron chi connectivity index (χ1n) is 8.19. The molecule has 166 valence electrons. The summed E-state index contributed by atoms with van der Waals surface area (Å²) in [6, 6.07) is 5.77. The lowest BCUT2D eigenvalue weighted by molar-refractivity contribution is -0.0425. The molecule has 0 N–H and O–H groups in total. The Bertz CT molecular complexity index is 1210. The third-order valence-electron chi connectivity index (χ3n) is 4.69. The molecule has 13 heteroatoms. The molecular formula is C17H12F7O4S2-. The Morgan fingerprint density at radius 1 is 0.833 bits per heavy atom. The fourth-order valence-electron chi connectivity index (χ4n) is 3.25. The van der Waals surface area contributed by atoms with Crippen LogP contribution in [0.2, 0.25) is 0 Å². The summed E-state index contributed by atoms with van der Waals surface area (Å²) in [5.41, 5.74) is -7.20. The molecule has 0 spiro atoms. The molecule has 0 saturated heterocycles. The van der Waals surface area contributed by atoms with Gasteiger partial charge in [0.25, 0.3) is 9.84 Å². The molecule has 0 aliphatic heterocycles. The number of fused-ring (bicyclic) bond motifs is 1. The van der Waals surface area contributed by atoms with Gasteiger partial charge in [-0.3, -0.25) is 0 Å². The van der Waals surface area contributed by atoms with Gasteiger partial charge >= 0.3 is 5.51 Å². The molecule has 1 saturated carbocycles. The summed E-state index contributed by atoms with van der Waals surface area (Å²) in [5, 5.41) is -2.80. The molecule has 0 radical (unpaired) electrons. The van der Waals surface area contributed by atoms with Crippen molar-refractivity contribution < 1.29 is 47.6 Å². The van der Waals surface area contributed by atoms with Gasteiger partial charge in [-0.25, -0.2) is 34.4 Å². The quantitative estimate of drug-likeness (QED) is 0.492. The number of rotatable bonds is 3. The average Bonchev–Trinajstić information content (AvgIpc) is 2.83. The van der Waals surface area contributed by atoms with E-state index in [1.54, 1.807) is 6.07 Å². The highest BCUT2D eigenvalue weighted by atomic mass is 32.3. The highest BCUT2D eigenvalue weighted by Crippen LogP contribution is 2.43. The van der Waals surface area contributed by atoms with Crippen LogP contribution in [0, 0.1) is 6.42 Å². The summed E-state index contributed by atoms with van der Waals surface area (Å²) in [5.74, 6) is 0. The molecule has 0 bridgehead atoms. The first-order chi connectivity index (χ1) is 13.7. The third kappa shape index (κ3) is 3.41. The zero-order valence-corrected chi connectivity index (χ0v) is 16.2. The van der Waals surface area contributed by atoms with Crippen molar-refractivity contribution in [2.45, 2.75) is 35.4 Å². The van der Waals surface area contributed by atoms with Crippen LogP contribution in [0.3, 0.4) is 0 Å². The van der Waals surface area contributed by atoms with E-state index in [-0.39, 0.29) is 5.22 Å². The highest BCUT2D eigenvalue weighted by Gasteiger charge is 2.62. The van der Waals surface area contributed by atoms with Crippen molar-refractivity contribution in [2.75, 3.05) is 0 Å². The van der Waals surface area contributed by atoms with Gasteiger partial charge in [0.1, 0.15) is 5.25 Å². The van der Waals surface area contributed by atoms with Gasteiger partial charge in [0.05, 0.1) is 4.24 Å². The fourth-order valence-corrected chi connectivity index (χ4v) is 7.42. The number of hydrogen-bond donors (Lipinski definition) is 0. The van der Waals surface area contributed by atoms with E-state index in [1.807, 2.05) is 0 Å². The van der Waals surface area contributed by atoms with Crippen LogP contribution in [0.1, 0.15) is 0 Å². The molecule has 30 heavy (non-hydrogen) atoms.